The average molecular weight is 457 g/mol. The van der Waals surface area contributed by atoms with Crippen LogP contribution in [0.4, 0.5) is 5.69 Å². The predicted octanol–water partition coefficient (Wildman–Crippen LogP) is 4.43. The van der Waals surface area contributed by atoms with Gasteiger partial charge in [-0.15, -0.1) is 11.3 Å². The number of hydrogen-bond donors (Lipinski definition) is 2. The van der Waals surface area contributed by atoms with Crippen LogP contribution in [0.1, 0.15) is 23.2 Å². The van der Waals surface area contributed by atoms with Crippen LogP contribution in [0.5, 0.6) is 5.75 Å². The summed E-state index contributed by atoms with van der Waals surface area (Å²) >= 11 is 6.72. The van der Waals surface area contributed by atoms with Gasteiger partial charge in [-0.05, 0) is 60.6 Å². The van der Waals surface area contributed by atoms with Gasteiger partial charge in [0.2, 0.25) is 5.91 Å². The van der Waals surface area contributed by atoms with E-state index in [1.807, 2.05) is 24.3 Å². The normalized spacial score (nSPS) is 10.5. The second-order valence-electron chi connectivity index (χ2n) is 6.60. The number of carbonyl (C=O) groups excluding carboxylic acids is 1. The summed E-state index contributed by atoms with van der Waals surface area (Å²) in [5, 5.41) is 11.8. The molecule has 0 atom stereocenters. The zero-order valence-electron chi connectivity index (χ0n) is 16.7. The Labute approximate surface area is 187 Å². The van der Waals surface area contributed by atoms with Crippen LogP contribution in [-0.4, -0.2) is 28.7 Å². The van der Waals surface area contributed by atoms with Crippen LogP contribution >= 0.6 is 23.6 Å². The molecule has 9 heteroatoms. The molecule has 0 fully saturated rings. The number of amides is 1. The van der Waals surface area contributed by atoms with E-state index in [1.165, 1.54) is 34.1 Å². The molecular weight excluding hydrogens is 436 g/mol. The summed E-state index contributed by atoms with van der Waals surface area (Å²) < 4.78 is 7.04. The van der Waals surface area contributed by atoms with E-state index in [0.29, 0.717) is 16.9 Å². The van der Waals surface area contributed by atoms with Crippen molar-refractivity contribution in [1.29, 1.82) is 0 Å². The maximum atomic E-state index is 12.6. The minimum Gasteiger partial charge on any atom is -0.497 e. The van der Waals surface area contributed by atoms with Gasteiger partial charge in [-0.1, -0.05) is 12.1 Å². The molecule has 160 valence electrons. The minimum absolute atomic E-state index is 0.0239. The molecule has 3 rings (SSSR count). The van der Waals surface area contributed by atoms with Gasteiger partial charge in [-0.25, -0.2) is 4.79 Å². The van der Waals surface area contributed by atoms with E-state index in [-0.39, 0.29) is 29.1 Å². The number of hydrogen-bond acceptors (Lipinski definition) is 6. The van der Waals surface area contributed by atoms with Crippen molar-refractivity contribution >= 4 is 41.1 Å². The summed E-state index contributed by atoms with van der Waals surface area (Å²) in [5.74, 6) is -0.715. The fourth-order valence-corrected chi connectivity index (χ4v) is 4.29. The van der Waals surface area contributed by atoms with E-state index in [2.05, 4.69) is 5.32 Å². The van der Waals surface area contributed by atoms with Crippen LogP contribution in [0, 0.1) is 3.95 Å². The van der Waals surface area contributed by atoms with Crippen molar-refractivity contribution < 1.29 is 19.4 Å². The molecule has 31 heavy (non-hydrogen) atoms. The summed E-state index contributed by atoms with van der Waals surface area (Å²) in [6.45, 7) is 0.297. The Morgan fingerprint density at radius 2 is 1.87 bits per heavy atom. The van der Waals surface area contributed by atoms with Crippen molar-refractivity contribution in [1.82, 2.24) is 4.57 Å². The lowest BCUT2D eigenvalue weighted by Crippen LogP contribution is -2.21. The lowest BCUT2D eigenvalue weighted by atomic mass is 10.1. The molecule has 1 amide bonds. The van der Waals surface area contributed by atoms with E-state index >= 15 is 0 Å². The number of nitrogens with one attached hydrogen (secondary N) is 1. The van der Waals surface area contributed by atoms with E-state index in [1.54, 1.807) is 19.2 Å². The Morgan fingerprint density at radius 3 is 2.52 bits per heavy atom. The molecule has 0 saturated carbocycles. The highest BCUT2D eigenvalue weighted by Gasteiger charge is 2.12. The zero-order valence-corrected chi connectivity index (χ0v) is 18.3. The number of aromatic nitrogens is 1. The number of rotatable bonds is 8. The number of carbonyl (C=O) groups is 2. The standard InChI is InChI=1S/C22H20N2O5S2/c1-29-15-10-8-14(9-11-15)18-13-20(26)24(22(30)31-18)12-4-7-19(25)23-17-6-3-2-5-16(17)21(27)28/h2-3,5-6,8-11,13H,4,7,12H2,1H3,(H,23,25)(H,27,28). The number of anilines is 1. The van der Waals surface area contributed by atoms with Crippen LogP contribution in [0.2, 0.25) is 0 Å². The highest BCUT2D eigenvalue weighted by atomic mass is 32.1. The first-order chi connectivity index (χ1) is 14.9. The molecule has 1 heterocycles. The number of methoxy groups -OCH3 is 1. The van der Waals surface area contributed by atoms with Crippen molar-refractivity contribution in [3.63, 3.8) is 0 Å². The van der Waals surface area contributed by atoms with Gasteiger partial charge in [0.25, 0.3) is 5.56 Å². The second kappa shape index (κ2) is 10.1. The van der Waals surface area contributed by atoms with Crippen molar-refractivity contribution in [3.05, 3.63) is 74.5 Å². The van der Waals surface area contributed by atoms with Crippen molar-refractivity contribution in [2.24, 2.45) is 0 Å². The number of nitrogens with zero attached hydrogens (tertiary/aromatic N) is 1. The summed E-state index contributed by atoms with van der Waals surface area (Å²) in [5.41, 5.74) is 0.909. The van der Waals surface area contributed by atoms with Crippen molar-refractivity contribution in [2.75, 3.05) is 12.4 Å². The van der Waals surface area contributed by atoms with E-state index in [9.17, 15) is 19.5 Å². The molecule has 1 aromatic heterocycles. The van der Waals surface area contributed by atoms with E-state index < -0.39 is 5.97 Å². The molecule has 0 bridgehead atoms. The Kier molecular flexibility index (Phi) is 7.32. The second-order valence-corrected chi connectivity index (χ2v) is 8.27. The first kappa shape index (κ1) is 22.4. The van der Waals surface area contributed by atoms with Gasteiger partial charge in [-0.3, -0.25) is 14.2 Å². The molecule has 0 aliphatic rings. The van der Waals surface area contributed by atoms with Gasteiger partial charge >= 0.3 is 5.97 Å². The Balaban J connectivity index is 1.64. The van der Waals surface area contributed by atoms with E-state index in [0.717, 1.165) is 16.2 Å². The van der Waals surface area contributed by atoms with Gasteiger partial charge in [0.15, 0.2) is 3.95 Å². The quantitative estimate of drug-likeness (QED) is 0.487. The molecule has 0 aliphatic carbocycles. The van der Waals surface area contributed by atoms with Gasteiger partial charge < -0.3 is 15.2 Å². The summed E-state index contributed by atoms with van der Waals surface area (Å²) in [6.07, 6.45) is 0.513. The fourth-order valence-electron chi connectivity index (χ4n) is 2.95. The molecule has 0 radical (unpaired) electrons. The molecule has 0 unspecified atom stereocenters. The van der Waals surface area contributed by atoms with Crippen LogP contribution in [0.3, 0.4) is 0 Å². The minimum atomic E-state index is -1.11. The number of benzene rings is 2. The lowest BCUT2D eigenvalue weighted by molar-refractivity contribution is -0.116. The number of ether oxygens (including phenoxy) is 1. The number of para-hydroxylation sites is 1. The zero-order chi connectivity index (χ0) is 22.4. The number of aromatic carboxylic acids is 1. The van der Waals surface area contributed by atoms with Gasteiger partial charge in [0.1, 0.15) is 5.75 Å². The van der Waals surface area contributed by atoms with Gasteiger partial charge in [0, 0.05) is 23.9 Å². The molecular formula is C22H20N2O5S2. The monoisotopic (exact) mass is 456 g/mol. The third-order valence-corrected chi connectivity index (χ3v) is 5.97. The first-order valence-corrected chi connectivity index (χ1v) is 10.6. The van der Waals surface area contributed by atoms with Gasteiger partial charge in [-0.2, -0.15) is 0 Å². The predicted molar refractivity (Wildman–Crippen MR) is 123 cm³/mol. The van der Waals surface area contributed by atoms with Gasteiger partial charge in [0.05, 0.1) is 18.4 Å². The third kappa shape index (κ3) is 5.65. The summed E-state index contributed by atoms with van der Waals surface area (Å²) in [7, 11) is 1.59. The first-order valence-electron chi connectivity index (χ1n) is 9.40. The molecule has 2 N–H and O–H groups in total. The van der Waals surface area contributed by atoms with Crippen molar-refractivity contribution in [3.8, 4) is 16.2 Å². The largest absolute Gasteiger partial charge is 0.497 e. The average Bonchev–Trinajstić information content (AvgIpc) is 2.75. The third-order valence-electron chi connectivity index (χ3n) is 4.53. The number of carboxylic acids is 1. The molecule has 0 saturated heterocycles. The van der Waals surface area contributed by atoms with Crippen LogP contribution in [0.25, 0.3) is 10.4 Å². The van der Waals surface area contributed by atoms with Crippen LogP contribution in [-0.2, 0) is 11.3 Å². The lowest BCUT2D eigenvalue weighted by Gasteiger charge is -2.10. The van der Waals surface area contributed by atoms with Crippen LogP contribution in [0.15, 0.2) is 59.4 Å². The fraction of sp³-hybridized carbons (Fsp3) is 0.182. The molecule has 2 aromatic carbocycles. The smallest absolute Gasteiger partial charge is 0.337 e. The molecule has 7 nitrogen and oxygen atoms in total. The number of carboxylic acid groups (broad SMARTS) is 1. The van der Waals surface area contributed by atoms with Crippen LogP contribution < -0.4 is 15.6 Å². The molecule has 0 spiro atoms. The maximum Gasteiger partial charge on any atom is 0.337 e. The molecule has 3 aromatic rings. The SMILES string of the molecule is COc1ccc(-c2cc(=O)n(CCCC(=O)Nc3ccccc3C(=O)O)c(=S)s2)cc1. The Hall–Kier alpha value is -3.30. The Bertz CT molecular complexity index is 1180. The topological polar surface area (TPSA) is 97.6 Å². The highest BCUT2D eigenvalue weighted by molar-refractivity contribution is 7.73. The maximum absolute atomic E-state index is 12.6. The Morgan fingerprint density at radius 1 is 1.16 bits per heavy atom. The van der Waals surface area contributed by atoms with Crippen molar-refractivity contribution in [2.45, 2.75) is 19.4 Å². The summed E-state index contributed by atoms with van der Waals surface area (Å²) in [6, 6.07) is 15.1. The molecule has 0 aliphatic heterocycles. The highest BCUT2D eigenvalue weighted by Crippen LogP contribution is 2.25. The summed E-state index contributed by atoms with van der Waals surface area (Å²) in [4.78, 5) is 36.8. The van der Waals surface area contributed by atoms with E-state index in [4.69, 9.17) is 17.0 Å².